The van der Waals surface area contributed by atoms with Crippen molar-refractivity contribution in [2.45, 2.75) is 11.8 Å². The number of hydrazine groups is 1. The summed E-state index contributed by atoms with van der Waals surface area (Å²) in [5.74, 6) is 5.23. The highest BCUT2D eigenvalue weighted by molar-refractivity contribution is 7.89. The first-order valence-corrected chi connectivity index (χ1v) is 7.56. The van der Waals surface area contributed by atoms with E-state index in [2.05, 4.69) is 5.43 Å². The van der Waals surface area contributed by atoms with E-state index in [9.17, 15) is 18.5 Å². The molecule has 0 heterocycles. The highest BCUT2D eigenvalue weighted by Crippen LogP contribution is 2.29. The molecule has 10 heteroatoms. The first kappa shape index (κ1) is 17.3. The molecular formula is C11H18N4O5S. The smallest absolute Gasteiger partial charge is 0.289 e. The van der Waals surface area contributed by atoms with E-state index in [4.69, 9.17) is 10.6 Å². The number of rotatable bonds is 8. The number of anilines is 1. The second-order valence-corrected chi connectivity index (χ2v) is 5.98. The third-order valence-electron chi connectivity index (χ3n) is 2.84. The van der Waals surface area contributed by atoms with Crippen LogP contribution >= 0.6 is 0 Å². The zero-order chi connectivity index (χ0) is 16.0. The van der Waals surface area contributed by atoms with E-state index in [0.29, 0.717) is 0 Å². The number of nitrogens with one attached hydrogen (secondary N) is 1. The van der Waals surface area contributed by atoms with Crippen LogP contribution in [-0.4, -0.2) is 44.5 Å². The summed E-state index contributed by atoms with van der Waals surface area (Å²) >= 11 is 0. The molecular weight excluding hydrogens is 300 g/mol. The molecule has 0 spiro atoms. The predicted molar refractivity (Wildman–Crippen MR) is 77.2 cm³/mol. The Balaban J connectivity index is 3.36. The summed E-state index contributed by atoms with van der Waals surface area (Å²) in [7, 11) is -2.57. The number of nitro benzene ring substituents is 1. The Morgan fingerprint density at radius 2 is 2.14 bits per heavy atom. The number of nitro groups is 1. The summed E-state index contributed by atoms with van der Waals surface area (Å²) in [5.41, 5.74) is 2.05. The lowest BCUT2D eigenvalue weighted by atomic mass is 10.3. The van der Waals surface area contributed by atoms with Crippen molar-refractivity contribution in [1.82, 2.24) is 4.31 Å². The lowest BCUT2D eigenvalue weighted by Crippen LogP contribution is -2.34. The van der Waals surface area contributed by atoms with Crippen molar-refractivity contribution in [2.75, 3.05) is 32.2 Å². The molecule has 118 valence electrons. The molecule has 0 amide bonds. The fourth-order valence-electron chi connectivity index (χ4n) is 1.74. The second kappa shape index (κ2) is 7.31. The van der Waals surface area contributed by atoms with Crippen molar-refractivity contribution < 1.29 is 18.1 Å². The summed E-state index contributed by atoms with van der Waals surface area (Å²) in [4.78, 5) is 9.90. The van der Waals surface area contributed by atoms with E-state index < -0.39 is 25.5 Å². The number of likely N-dealkylation sites (N-methyl/N-ethyl adjacent to an activating group) is 1. The van der Waals surface area contributed by atoms with E-state index in [1.54, 1.807) is 6.92 Å². The van der Waals surface area contributed by atoms with Gasteiger partial charge in [-0.3, -0.25) is 16.0 Å². The quantitative estimate of drug-likeness (QED) is 0.406. The second-order valence-electron chi connectivity index (χ2n) is 4.07. The van der Waals surface area contributed by atoms with Crippen LogP contribution in [0.2, 0.25) is 0 Å². The standard InChI is InChI=1S/C11H18N4O5S/c1-3-14(6-7-20-2)21(18,19)11-8-9(13-12)4-5-10(11)15(16)17/h4-5,8,13H,3,6-7,12H2,1-2H3. The van der Waals surface area contributed by atoms with Crippen LogP contribution in [0.25, 0.3) is 0 Å². The molecule has 0 unspecified atom stereocenters. The highest BCUT2D eigenvalue weighted by atomic mass is 32.2. The van der Waals surface area contributed by atoms with Gasteiger partial charge in [0.15, 0.2) is 4.90 Å². The van der Waals surface area contributed by atoms with Crippen LogP contribution in [0.3, 0.4) is 0 Å². The van der Waals surface area contributed by atoms with Crippen LogP contribution in [0, 0.1) is 10.1 Å². The number of nitrogen functional groups attached to an aromatic ring is 1. The Kier molecular flexibility index (Phi) is 6.03. The maximum atomic E-state index is 12.6. The number of nitrogens with two attached hydrogens (primary N) is 1. The van der Waals surface area contributed by atoms with Crippen molar-refractivity contribution in [2.24, 2.45) is 5.84 Å². The molecule has 0 aliphatic rings. The summed E-state index contributed by atoms with van der Waals surface area (Å²) in [6.07, 6.45) is 0. The summed E-state index contributed by atoms with van der Waals surface area (Å²) in [6, 6.07) is 3.58. The molecule has 0 aliphatic carbocycles. The molecule has 0 saturated heterocycles. The molecule has 1 aromatic rings. The van der Waals surface area contributed by atoms with Gasteiger partial charge in [-0.1, -0.05) is 6.92 Å². The summed E-state index contributed by atoms with van der Waals surface area (Å²) in [5, 5.41) is 11.0. The fourth-order valence-corrected chi connectivity index (χ4v) is 3.36. The Bertz CT molecular complexity index is 605. The minimum Gasteiger partial charge on any atom is -0.383 e. The van der Waals surface area contributed by atoms with Crippen LogP contribution in [0.15, 0.2) is 23.1 Å². The van der Waals surface area contributed by atoms with Gasteiger partial charge in [0.2, 0.25) is 10.0 Å². The zero-order valence-electron chi connectivity index (χ0n) is 11.8. The topological polar surface area (TPSA) is 128 Å². The molecule has 1 rings (SSSR count). The molecule has 3 N–H and O–H groups in total. The largest absolute Gasteiger partial charge is 0.383 e. The Morgan fingerprint density at radius 3 is 2.62 bits per heavy atom. The number of ether oxygens (including phenoxy) is 1. The van der Waals surface area contributed by atoms with Gasteiger partial charge in [-0.25, -0.2) is 8.42 Å². The fraction of sp³-hybridized carbons (Fsp3) is 0.455. The number of nitrogens with zero attached hydrogens (tertiary/aromatic N) is 2. The molecule has 0 radical (unpaired) electrons. The van der Waals surface area contributed by atoms with Crippen LogP contribution < -0.4 is 11.3 Å². The van der Waals surface area contributed by atoms with Crippen molar-refractivity contribution in [1.29, 1.82) is 0 Å². The van der Waals surface area contributed by atoms with Gasteiger partial charge in [-0.15, -0.1) is 0 Å². The first-order valence-electron chi connectivity index (χ1n) is 6.12. The molecule has 0 atom stereocenters. The average molecular weight is 318 g/mol. The van der Waals surface area contributed by atoms with Crippen LogP contribution in [0.4, 0.5) is 11.4 Å². The van der Waals surface area contributed by atoms with Gasteiger partial charge >= 0.3 is 0 Å². The highest BCUT2D eigenvalue weighted by Gasteiger charge is 2.31. The third-order valence-corrected chi connectivity index (χ3v) is 4.84. The number of methoxy groups -OCH3 is 1. The van der Waals surface area contributed by atoms with Gasteiger partial charge < -0.3 is 10.2 Å². The molecule has 1 aromatic carbocycles. The minimum absolute atomic E-state index is 0.104. The van der Waals surface area contributed by atoms with E-state index in [1.165, 1.54) is 13.2 Å². The summed E-state index contributed by atoms with van der Waals surface area (Å²) < 4.78 is 31.1. The van der Waals surface area contributed by atoms with Gasteiger partial charge in [-0.2, -0.15) is 4.31 Å². The average Bonchev–Trinajstić information content (AvgIpc) is 2.47. The number of hydrogen-bond donors (Lipinski definition) is 2. The lowest BCUT2D eigenvalue weighted by Gasteiger charge is -2.20. The Labute approximate surface area is 122 Å². The van der Waals surface area contributed by atoms with E-state index >= 15 is 0 Å². The number of sulfonamides is 1. The van der Waals surface area contributed by atoms with Gasteiger partial charge in [-0.05, 0) is 12.1 Å². The first-order chi connectivity index (χ1) is 9.88. The Morgan fingerprint density at radius 1 is 1.48 bits per heavy atom. The van der Waals surface area contributed by atoms with Crippen molar-refractivity contribution in [3.8, 4) is 0 Å². The Hall–Kier alpha value is -1.75. The number of hydrogen-bond acceptors (Lipinski definition) is 7. The molecule has 0 saturated carbocycles. The molecule has 0 aromatic heterocycles. The van der Waals surface area contributed by atoms with Gasteiger partial charge in [0.25, 0.3) is 5.69 Å². The van der Waals surface area contributed by atoms with Crippen LogP contribution in [0.5, 0.6) is 0 Å². The van der Waals surface area contributed by atoms with E-state index in [0.717, 1.165) is 16.4 Å². The maximum Gasteiger partial charge on any atom is 0.289 e. The van der Waals surface area contributed by atoms with Crippen molar-refractivity contribution in [3.05, 3.63) is 28.3 Å². The molecule has 0 bridgehead atoms. The summed E-state index contributed by atoms with van der Waals surface area (Å²) in [6.45, 7) is 2.11. The van der Waals surface area contributed by atoms with E-state index in [1.807, 2.05) is 0 Å². The molecule has 0 fully saturated rings. The molecule has 21 heavy (non-hydrogen) atoms. The minimum atomic E-state index is -4.02. The van der Waals surface area contributed by atoms with Crippen molar-refractivity contribution >= 4 is 21.4 Å². The van der Waals surface area contributed by atoms with Crippen LogP contribution in [0.1, 0.15) is 6.92 Å². The van der Waals surface area contributed by atoms with Gasteiger partial charge in [0.05, 0.1) is 17.2 Å². The molecule has 0 aliphatic heterocycles. The molecule has 9 nitrogen and oxygen atoms in total. The van der Waals surface area contributed by atoms with Crippen molar-refractivity contribution in [3.63, 3.8) is 0 Å². The van der Waals surface area contributed by atoms with Gasteiger partial charge in [0, 0.05) is 26.3 Å². The normalized spacial score (nSPS) is 11.6. The van der Waals surface area contributed by atoms with Crippen LogP contribution in [-0.2, 0) is 14.8 Å². The SMILES string of the molecule is CCN(CCOC)S(=O)(=O)c1cc(NN)ccc1[N+](=O)[O-]. The maximum absolute atomic E-state index is 12.6. The number of benzene rings is 1. The predicted octanol–water partition coefficient (Wildman–Crippen LogP) is 0.537. The monoisotopic (exact) mass is 318 g/mol. The lowest BCUT2D eigenvalue weighted by molar-refractivity contribution is -0.387. The van der Waals surface area contributed by atoms with Gasteiger partial charge in [0.1, 0.15) is 0 Å². The third kappa shape index (κ3) is 3.88. The zero-order valence-corrected chi connectivity index (χ0v) is 12.6. The van der Waals surface area contributed by atoms with E-state index in [-0.39, 0.29) is 25.4 Å².